The van der Waals surface area contributed by atoms with Crippen molar-refractivity contribution in [3.8, 4) is 0 Å². The minimum absolute atomic E-state index is 0.469. The molecule has 24 heavy (non-hydrogen) atoms. The summed E-state index contributed by atoms with van der Waals surface area (Å²) >= 11 is 0. The predicted molar refractivity (Wildman–Crippen MR) is 108 cm³/mol. The largest absolute Gasteiger partial charge is 0.0953 e. The molecule has 1 aromatic carbocycles. The molecule has 0 fully saturated rings. The maximum atomic E-state index is 4.24. The fourth-order valence-corrected chi connectivity index (χ4v) is 3.19. The lowest BCUT2D eigenvalue weighted by molar-refractivity contribution is 0.735. The third-order valence-electron chi connectivity index (χ3n) is 5.33. The Balaban J connectivity index is 2.14. The van der Waals surface area contributed by atoms with E-state index in [1.54, 1.807) is 0 Å². The second-order valence-corrected chi connectivity index (χ2v) is 7.64. The van der Waals surface area contributed by atoms with Crippen LogP contribution in [0.25, 0.3) is 5.57 Å². The van der Waals surface area contributed by atoms with E-state index in [0.717, 1.165) is 12.8 Å². The van der Waals surface area contributed by atoms with E-state index in [1.165, 1.54) is 33.4 Å². The van der Waals surface area contributed by atoms with Gasteiger partial charge in [-0.3, -0.25) is 0 Å². The number of hydrogen-bond acceptors (Lipinski definition) is 0. The number of allylic oxidation sites excluding steroid dienone is 6. The zero-order valence-electron chi connectivity index (χ0n) is 16.0. The third-order valence-corrected chi connectivity index (χ3v) is 5.33. The summed E-state index contributed by atoms with van der Waals surface area (Å²) in [5, 5.41) is 0. The SMILES string of the molecule is C=C(C1=CC=C(C(C)c2ccc(C(=C)C(C)C)cc2)CC1)C(C)C. The molecule has 128 valence electrons. The van der Waals surface area contributed by atoms with Crippen molar-refractivity contribution in [1.82, 2.24) is 0 Å². The summed E-state index contributed by atoms with van der Waals surface area (Å²) in [4.78, 5) is 0. The highest BCUT2D eigenvalue weighted by Crippen LogP contribution is 2.34. The molecule has 0 amide bonds. The normalized spacial score (nSPS) is 16.0. The van der Waals surface area contributed by atoms with Crippen molar-refractivity contribution < 1.29 is 0 Å². The van der Waals surface area contributed by atoms with Gasteiger partial charge in [0.15, 0.2) is 0 Å². The first kappa shape index (κ1) is 18.5. The van der Waals surface area contributed by atoms with E-state index in [2.05, 4.69) is 84.2 Å². The van der Waals surface area contributed by atoms with Gasteiger partial charge in [-0.25, -0.2) is 0 Å². The first-order valence-electron chi connectivity index (χ1n) is 9.19. The topological polar surface area (TPSA) is 0 Å². The van der Waals surface area contributed by atoms with Gasteiger partial charge in [-0.05, 0) is 52.5 Å². The minimum Gasteiger partial charge on any atom is -0.0953 e. The van der Waals surface area contributed by atoms with Crippen LogP contribution in [0.5, 0.6) is 0 Å². The van der Waals surface area contributed by atoms with Gasteiger partial charge in [-0.15, -0.1) is 0 Å². The molecule has 0 heteroatoms. The van der Waals surface area contributed by atoms with Crippen LogP contribution < -0.4 is 0 Å². The van der Waals surface area contributed by atoms with E-state index in [-0.39, 0.29) is 0 Å². The molecule has 1 unspecified atom stereocenters. The van der Waals surface area contributed by atoms with Crippen molar-refractivity contribution in [2.24, 2.45) is 11.8 Å². The summed E-state index contributed by atoms with van der Waals surface area (Å²) in [6, 6.07) is 8.97. The Hall–Kier alpha value is -1.82. The minimum atomic E-state index is 0.469. The van der Waals surface area contributed by atoms with Crippen LogP contribution in [0.3, 0.4) is 0 Å². The Morgan fingerprint density at radius 2 is 1.38 bits per heavy atom. The zero-order chi connectivity index (χ0) is 17.9. The molecule has 2 rings (SSSR count). The van der Waals surface area contributed by atoms with Crippen LogP contribution in [0.2, 0.25) is 0 Å². The molecule has 0 N–H and O–H groups in total. The van der Waals surface area contributed by atoms with E-state index in [0.29, 0.717) is 17.8 Å². The van der Waals surface area contributed by atoms with Crippen LogP contribution in [0.4, 0.5) is 0 Å². The van der Waals surface area contributed by atoms with Crippen molar-refractivity contribution in [3.63, 3.8) is 0 Å². The van der Waals surface area contributed by atoms with Crippen LogP contribution in [0.15, 0.2) is 66.3 Å². The summed E-state index contributed by atoms with van der Waals surface area (Å²) in [6.45, 7) is 19.6. The van der Waals surface area contributed by atoms with Gasteiger partial charge < -0.3 is 0 Å². The standard InChI is InChI=1S/C24H32/c1-16(2)18(5)21-8-12-23(13-9-21)20(7)24-14-10-22(11-15-24)19(6)17(3)4/h8-10,12-14,16-17,20H,5-6,11,15H2,1-4,7H3. The Morgan fingerprint density at radius 1 is 0.792 bits per heavy atom. The number of hydrogen-bond donors (Lipinski definition) is 0. The average molecular weight is 321 g/mol. The molecule has 0 aromatic heterocycles. The van der Waals surface area contributed by atoms with E-state index >= 15 is 0 Å². The van der Waals surface area contributed by atoms with E-state index in [1.807, 2.05) is 0 Å². The molecule has 0 radical (unpaired) electrons. The second-order valence-electron chi connectivity index (χ2n) is 7.64. The van der Waals surface area contributed by atoms with Crippen molar-refractivity contribution in [3.05, 3.63) is 77.4 Å². The van der Waals surface area contributed by atoms with Gasteiger partial charge >= 0.3 is 0 Å². The molecule has 1 atom stereocenters. The van der Waals surface area contributed by atoms with Crippen LogP contribution in [0.1, 0.15) is 64.5 Å². The van der Waals surface area contributed by atoms with Gasteiger partial charge in [0, 0.05) is 5.92 Å². The van der Waals surface area contributed by atoms with Gasteiger partial charge in [0.25, 0.3) is 0 Å². The van der Waals surface area contributed by atoms with E-state index < -0.39 is 0 Å². The highest BCUT2D eigenvalue weighted by atomic mass is 14.2. The molecule has 0 spiro atoms. The van der Waals surface area contributed by atoms with Gasteiger partial charge in [0.1, 0.15) is 0 Å². The van der Waals surface area contributed by atoms with Crippen molar-refractivity contribution in [2.75, 3.05) is 0 Å². The van der Waals surface area contributed by atoms with Gasteiger partial charge in [-0.2, -0.15) is 0 Å². The van der Waals surface area contributed by atoms with Gasteiger partial charge in [0.05, 0.1) is 0 Å². The predicted octanol–water partition coefficient (Wildman–Crippen LogP) is 7.32. The Labute approximate surface area is 148 Å². The van der Waals surface area contributed by atoms with Crippen molar-refractivity contribution in [1.29, 1.82) is 0 Å². The maximum Gasteiger partial charge on any atom is 0.00230 e. The van der Waals surface area contributed by atoms with E-state index in [4.69, 9.17) is 0 Å². The smallest absolute Gasteiger partial charge is 0.00230 e. The van der Waals surface area contributed by atoms with Gasteiger partial charge in [0.2, 0.25) is 0 Å². The second kappa shape index (κ2) is 7.83. The van der Waals surface area contributed by atoms with Crippen molar-refractivity contribution in [2.45, 2.75) is 53.4 Å². The summed E-state index contributed by atoms with van der Waals surface area (Å²) in [5.74, 6) is 1.49. The molecule has 0 heterocycles. The van der Waals surface area contributed by atoms with Crippen molar-refractivity contribution >= 4 is 5.57 Å². The first-order chi connectivity index (χ1) is 11.3. The van der Waals surface area contributed by atoms with Crippen LogP contribution >= 0.6 is 0 Å². The van der Waals surface area contributed by atoms with Crippen LogP contribution in [-0.4, -0.2) is 0 Å². The quantitative estimate of drug-likeness (QED) is 0.515. The molecule has 1 aliphatic carbocycles. The summed E-state index contributed by atoms with van der Waals surface area (Å²) in [7, 11) is 0. The summed E-state index contributed by atoms with van der Waals surface area (Å²) < 4.78 is 0. The Bertz CT molecular complexity index is 662. The Morgan fingerprint density at radius 3 is 1.83 bits per heavy atom. The molecule has 0 saturated carbocycles. The first-order valence-corrected chi connectivity index (χ1v) is 9.19. The maximum absolute atomic E-state index is 4.24. The molecule has 0 saturated heterocycles. The lowest BCUT2D eigenvalue weighted by Crippen LogP contribution is -2.05. The number of benzene rings is 1. The molecular weight excluding hydrogens is 288 g/mol. The summed E-state index contributed by atoms with van der Waals surface area (Å²) in [5.41, 5.74) is 8.09. The number of rotatable bonds is 6. The Kier molecular flexibility index (Phi) is 6.04. The summed E-state index contributed by atoms with van der Waals surface area (Å²) in [6.07, 6.45) is 6.86. The van der Waals surface area contributed by atoms with Gasteiger partial charge in [-0.1, -0.05) is 89.8 Å². The molecule has 1 aliphatic rings. The third kappa shape index (κ3) is 4.17. The fraction of sp³-hybridized carbons (Fsp3) is 0.417. The highest BCUT2D eigenvalue weighted by Gasteiger charge is 2.17. The van der Waals surface area contributed by atoms with E-state index in [9.17, 15) is 0 Å². The molecule has 0 aliphatic heterocycles. The average Bonchev–Trinajstić information content (AvgIpc) is 2.60. The lowest BCUT2D eigenvalue weighted by Gasteiger charge is -2.23. The molecule has 0 bridgehead atoms. The highest BCUT2D eigenvalue weighted by molar-refractivity contribution is 5.65. The van der Waals surface area contributed by atoms with Crippen LogP contribution in [-0.2, 0) is 0 Å². The van der Waals surface area contributed by atoms with Crippen LogP contribution in [0, 0.1) is 11.8 Å². The fourth-order valence-electron chi connectivity index (χ4n) is 3.19. The molecule has 0 nitrogen and oxygen atoms in total. The molecule has 1 aromatic rings. The zero-order valence-corrected chi connectivity index (χ0v) is 16.0. The lowest BCUT2D eigenvalue weighted by atomic mass is 9.82. The monoisotopic (exact) mass is 320 g/mol. The molecular formula is C24H32.